The van der Waals surface area contributed by atoms with Crippen LogP contribution in [0.5, 0.6) is 0 Å². The number of carbonyl (C=O) groups is 1. The molecule has 2 atom stereocenters. The predicted molar refractivity (Wildman–Crippen MR) is 81.5 cm³/mol. The zero-order valence-electron chi connectivity index (χ0n) is 12.7. The highest BCUT2D eigenvalue weighted by atomic mass is 16.2. The molecule has 0 spiro atoms. The minimum atomic E-state index is -0.316. The van der Waals surface area contributed by atoms with Crippen LogP contribution in [0.25, 0.3) is 0 Å². The third-order valence-corrected chi connectivity index (χ3v) is 3.48. The fourth-order valence-electron chi connectivity index (χ4n) is 2.13. The molecule has 0 fully saturated rings. The molecular formula is C16H23N3O. The van der Waals surface area contributed by atoms with Crippen molar-refractivity contribution in [3.63, 3.8) is 0 Å². The molecule has 1 amide bonds. The van der Waals surface area contributed by atoms with Crippen LogP contribution in [0.15, 0.2) is 24.3 Å². The van der Waals surface area contributed by atoms with Crippen molar-refractivity contribution in [1.82, 2.24) is 5.32 Å². The van der Waals surface area contributed by atoms with Crippen LogP contribution in [0.3, 0.4) is 0 Å². The molecule has 2 unspecified atom stereocenters. The molecule has 0 saturated carbocycles. The molecule has 0 heterocycles. The first kappa shape index (κ1) is 16.0. The predicted octanol–water partition coefficient (Wildman–Crippen LogP) is 2.69. The summed E-state index contributed by atoms with van der Waals surface area (Å²) < 4.78 is 0. The molecular weight excluding hydrogens is 250 g/mol. The minimum absolute atomic E-state index is 0.0128. The highest BCUT2D eigenvalue weighted by Gasteiger charge is 2.21. The molecule has 1 aromatic carbocycles. The second-order valence-corrected chi connectivity index (χ2v) is 5.11. The van der Waals surface area contributed by atoms with Gasteiger partial charge < -0.3 is 10.2 Å². The first-order chi connectivity index (χ1) is 9.51. The van der Waals surface area contributed by atoms with Gasteiger partial charge in [0, 0.05) is 13.1 Å². The van der Waals surface area contributed by atoms with Crippen LogP contribution in [0.1, 0.15) is 39.2 Å². The van der Waals surface area contributed by atoms with Crippen LogP contribution in [-0.4, -0.2) is 25.0 Å². The van der Waals surface area contributed by atoms with Gasteiger partial charge in [-0.3, -0.25) is 4.79 Å². The van der Waals surface area contributed by atoms with Crippen molar-refractivity contribution in [2.75, 3.05) is 11.9 Å². The Morgan fingerprint density at radius 3 is 2.65 bits per heavy atom. The lowest BCUT2D eigenvalue weighted by atomic mass is 10.1. The smallest absolute Gasteiger partial charge is 0.242 e. The number of hydrogen-bond donors (Lipinski definition) is 1. The van der Waals surface area contributed by atoms with Gasteiger partial charge in [-0.2, -0.15) is 5.26 Å². The second kappa shape index (κ2) is 7.54. The lowest BCUT2D eigenvalue weighted by molar-refractivity contribution is -0.122. The molecule has 1 aromatic rings. The molecule has 1 N–H and O–H groups in total. The Morgan fingerprint density at radius 1 is 1.40 bits per heavy atom. The molecule has 4 nitrogen and oxygen atoms in total. The highest BCUT2D eigenvalue weighted by Crippen LogP contribution is 2.20. The second-order valence-electron chi connectivity index (χ2n) is 5.11. The summed E-state index contributed by atoms with van der Waals surface area (Å²) in [6, 6.07) is 9.33. The monoisotopic (exact) mass is 273 g/mol. The van der Waals surface area contributed by atoms with Crippen LogP contribution in [-0.2, 0) is 4.79 Å². The zero-order valence-corrected chi connectivity index (χ0v) is 12.7. The van der Waals surface area contributed by atoms with Crippen molar-refractivity contribution in [3.05, 3.63) is 29.8 Å². The van der Waals surface area contributed by atoms with Crippen LogP contribution in [0.4, 0.5) is 5.69 Å². The van der Waals surface area contributed by atoms with Crippen LogP contribution < -0.4 is 10.2 Å². The van der Waals surface area contributed by atoms with Gasteiger partial charge in [0.25, 0.3) is 0 Å². The highest BCUT2D eigenvalue weighted by molar-refractivity contribution is 5.85. The van der Waals surface area contributed by atoms with Gasteiger partial charge in [0.05, 0.1) is 11.3 Å². The number of hydrogen-bond acceptors (Lipinski definition) is 3. The summed E-state index contributed by atoms with van der Waals surface area (Å²) in [6.45, 7) is 5.96. The molecule has 4 heteroatoms. The largest absolute Gasteiger partial charge is 0.362 e. The maximum Gasteiger partial charge on any atom is 0.242 e. The summed E-state index contributed by atoms with van der Waals surface area (Å²) >= 11 is 0. The van der Waals surface area contributed by atoms with Gasteiger partial charge in [-0.25, -0.2) is 0 Å². The summed E-state index contributed by atoms with van der Waals surface area (Å²) in [5.41, 5.74) is 1.36. The average molecular weight is 273 g/mol. The Morgan fingerprint density at radius 2 is 2.05 bits per heavy atom. The van der Waals surface area contributed by atoms with Gasteiger partial charge in [-0.05, 0) is 32.4 Å². The van der Waals surface area contributed by atoms with E-state index in [2.05, 4.69) is 18.3 Å². The summed E-state index contributed by atoms with van der Waals surface area (Å²) in [7, 11) is 1.84. The van der Waals surface area contributed by atoms with E-state index in [-0.39, 0.29) is 18.0 Å². The Bertz CT molecular complexity index is 493. The van der Waals surface area contributed by atoms with Crippen molar-refractivity contribution < 1.29 is 4.79 Å². The molecule has 20 heavy (non-hydrogen) atoms. The molecule has 0 aliphatic rings. The van der Waals surface area contributed by atoms with Crippen LogP contribution in [0.2, 0.25) is 0 Å². The van der Waals surface area contributed by atoms with Crippen molar-refractivity contribution >= 4 is 11.6 Å². The van der Waals surface area contributed by atoms with E-state index in [1.165, 1.54) is 0 Å². The number of nitrogens with one attached hydrogen (secondary N) is 1. The quantitative estimate of drug-likeness (QED) is 0.867. The lowest BCUT2D eigenvalue weighted by Crippen LogP contribution is -2.46. The number of amides is 1. The number of carbonyl (C=O) groups excluding carboxylic acids is 1. The number of nitrogens with zero attached hydrogens (tertiary/aromatic N) is 2. The van der Waals surface area contributed by atoms with Crippen molar-refractivity contribution in [2.45, 2.75) is 45.7 Å². The first-order valence-corrected chi connectivity index (χ1v) is 7.03. The first-order valence-electron chi connectivity index (χ1n) is 7.03. The maximum absolute atomic E-state index is 12.2. The molecule has 108 valence electrons. The van der Waals surface area contributed by atoms with E-state index in [0.717, 1.165) is 18.5 Å². The normalized spacial score (nSPS) is 13.2. The summed E-state index contributed by atoms with van der Waals surface area (Å²) in [4.78, 5) is 14.0. The topological polar surface area (TPSA) is 56.1 Å². The molecule has 0 aliphatic heterocycles. The van der Waals surface area contributed by atoms with Gasteiger partial charge in [-0.1, -0.05) is 25.5 Å². The summed E-state index contributed by atoms with van der Waals surface area (Å²) in [5, 5.41) is 12.1. The van der Waals surface area contributed by atoms with E-state index >= 15 is 0 Å². The number of anilines is 1. The number of likely N-dealkylation sites (N-methyl/N-ethyl adjacent to an activating group) is 1. The van der Waals surface area contributed by atoms with Gasteiger partial charge >= 0.3 is 0 Å². The number of para-hydroxylation sites is 1. The standard InChI is InChI=1S/C16H23N3O/c1-5-8-12(2)18-16(20)13(3)19(4)15-10-7-6-9-14(15)11-17/h6-7,9-10,12-13H,5,8H2,1-4H3,(H,18,20). The molecule has 0 bridgehead atoms. The fraction of sp³-hybridized carbons (Fsp3) is 0.500. The molecule has 1 rings (SSSR count). The number of rotatable bonds is 6. The summed E-state index contributed by atoms with van der Waals surface area (Å²) in [5.74, 6) is -0.0128. The van der Waals surface area contributed by atoms with E-state index in [1.807, 2.05) is 44.0 Å². The van der Waals surface area contributed by atoms with E-state index in [9.17, 15) is 4.79 Å². The van der Waals surface area contributed by atoms with Crippen molar-refractivity contribution in [3.8, 4) is 6.07 Å². The zero-order chi connectivity index (χ0) is 15.1. The average Bonchev–Trinajstić information content (AvgIpc) is 2.45. The van der Waals surface area contributed by atoms with E-state index in [1.54, 1.807) is 6.07 Å². The Balaban J connectivity index is 2.78. The van der Waals surface area contributed by atoms with Gasteiger partial charge in [0.2, 0.25) is 5.91 Å². The Labute approximate surface area is 121 Å². The Kier molecular flexibility index (Phi) is 6.05. The lowest BCUT2D eigenvalue weighted by Gasteiger charge is -2.28. The van der Waals surface area contributed by atoms with Crippen molar-refractivity contribution in [1.29, 1.82) is 5.26 Å². The summed E-state index contributed by atoms with van der Waals surface area (Å²) in [6.07, 6.45) is 2.01. The fourth-order valence-corrected chi connectivity index (χ4v) is 2.13. The van der Waals surface area contributed by atoms with Gasteiger partial charge in [0.1, 0.15) is 12.1 Å². The van der Waals surface area contributed by atoms with Crippen molar-refractivity contribution in [2.24, 2.45) is 0 Å². The molecule has 0 saturated heterocycles. The third kappa shape index (κ3) is 3.99. The molecule has 0 aliphatic carbocycles. The van der Waals surface area contributed by atoms with E-state index in [4.69, 9.17) is 5.26 Å². The number of benzene rings is 1. The van der Waals surface area contributed by atoms with Gasteiger partial charge in [-0.15, -0.1) is 0 Å². The van der Waals surface area contributed by atoms with E-state index < -0.39 is 0 Å². The molecule has 0 aromatic heterocycles. The minimum Gasteiger partial charge on any atom is -0.362 e. The number of nitriles is 1. The van der Waals surface area contributed by atoms with Gasteiger partial charge in [0.15, 0.2) is 0 Å². The van der Waals surface area contributed by atoms with Crippen LogP contribution in [0, 0.1) is 11.3 Å². The van der Waals surface area contributed by atoms with E-state index in [0.29, 0.717) is 5.56 Å². The van der Waals surface area contributed by atoms with Crippen LogP contribution >= 0.6 is 0 Å². The molecule has 0 radical (unpaired) electrons. The Hall–Kier alpha value is -2.02. The SMILES string of the molecule is CCCC(C)NC(=O)C(C)N(C)c1ccccc1C#N. The maximum atomic E-state index is 12.2. The third-order valence-electron chi connectivity index (χ3n) is 3.48.